The van der Waals surface area contributed by atoms with E-state index in [-0.39, 0.29) is 17.8 Å². The Labute approximate surface area is 128 Å². The topological polar surface area (TPSA) is 41.1 Å². The average molecular weight is 340 g/mol. The third kappa shape index (κ3) is 7.57. The van der Waals surface area contributed by atoms with E-state index in [1.165, 1.54) is 12.1 Å². The molecule has 0 aliphatic carbocycles. The van der Waals surface area contributed by atoms with E-state index in [4.69, 9.17) is 0 Å². The van der Waals surface area contributed by atoms with Crippen LogP contribution in [0.4, 0.5) is 31.1 Å². The first-order valence-corrected chi connectivity index (χ1v) is 6.43. The SMILES string of the molecule is C=C(CCC(F)(F)F)NC(=O)NCc1cccc(C(F)(F)F)c1. The zero-order chi connectivity index (χ0) is 17.7. The van der Waals surface area contributed by atoms with Gasteiger partial charge in [-0.1, -0.05) is 18.7 Å². The van der Waals surface area contributed by atoms with Crippen LogP contribution < -0.4 is 10.6 Å². The first-order chi connectivity index (χ1) is 10.5. The van der Waals surface area contributed by atoms with Gasteiger partial charge in [0.2, 0.25) is 0 Å². The molecule has 0 aliphatic heterocycles. The molecule has 128 valence electrons. The molecule has 9 heteroatoms. The minimum atomic E-state index is -4.50. The van der Waals surface area contributed by atoms with Crippen LogP contribution >= 0.6 is 0 Å². The summed E-state index contributed by atoms with van der Waals surface area (Å²) in [5.74, 6) is 0. The van der Waals surface area contributed by atoms with E-state index < -0.39 is 36.8 Å². The van der Waals surface area contributed by atoms with E-state index >= 15 is 0 Å². The molecule has 0 bridgehead atoms. The number of carbonyl (C=O) groups excluding carboxylic acids is 1. The van der Waals surface area contributed by atoms with Crippen molar-refractivity contribution in [2.24, 2.45) is 0 Å². The predicted molar refractivity (Wildman–Crippen MR) is 71.2 cm³/mol. The van der Waals surface area contributed by atoms with Gasteiger partial charge in [-0.15, -0.1) is 0 Å². The molecule has 0 aliphatic rings. The van der Waals surface area contributed by atoms with Crippen LogP contribution in [0.5, 0.6) is 0 Å². The quantitative estimate of drug-likeness (QED) is 0.768. The van der Waals surface area contributed by atoms with Gasteiger partial charge in [0.15, 0.2) is 0 Å². The fourth-order valence-electron chi connectivity index (χ4n) is 1.60. The largest absolute Gasteiger partial charge is 0.416 e. The van der Waals surface area contributed by atoms with E-state index in [2.05, 4.69) is 17.2 Å². The molecule has 1 rings (SSSR count). The lowest BCUT2D eigenvalue weighted by Gasteiger charge is -2.12. The highest BCUT2D eigenvalue weighted by Gasteiger charge is 2.30. The van der Waals surface area contributed by atoms with Crippen molar-refractivity contribution in [3.63, 3.8) is 0 Å². The number of halogens is 6. The van der Waals surface area contributed by atoms with Gasteiger partial charge in [0, 0.05) is 18.7 Å². The number of allylic oxidation sites excluding steroid dienone is 1. The summed E-state index contributed by atoms with van der Waals surface area (Å²) in [5, 5.41) is 4.35. The maximum atomic E-state index is 12.5. The van der Waals surface area contributed by atoms with Crippen LogP contribution in [0, 0.1) is 0 Å². The summed E-state index contributed by atoms with van der Waals surface area (Å²) in [6, 6.07) is 3.50. The average Bonchev–Trinajstić information content (AvgIpc) is 2.42. The van der Waals surface area contributed by atoms with Crippen molar-refractivity contribution in [2.75, 3.05) is 0 Å². The van der Waals surface area contributed by atoms with Gasteiger partial charge >= 0.3 is 18.4 Å². The lowest BCUT2D eigenvalue weighted by atomic mass is 10.1. The van der Waals surface area contributed by atoms with Crippen molar-refractivity contribution in [1.82, 2.24) is 10.6 Å². The molecule has 1 aromatic carbocycles. The van der Waals surface area contributed by atoms with Crippen molar-refractivity contribution in [3.8, 4) is 0 Å². The summed E-state index contributed by atoms with van der Waals surface area (Å²) in [6.07, 6.45) is -10.5. The second-order valence-corrected chi connectivity index (χ2v) is 4.72. The molecule has 0 unspecified atom stereocenters. The van der Waals surface area contributed by atoms with E-state index in [0.717, 1.165) is 12.1 Å². The lowest BCUT2D eigenvalue weighted by Crippen LogP contribution is -2.34. The number of hydrogen-bond acceptors (Lipinski definition) is 1. The van der Waals surface area contributed by atoms with Crippen LogP contribution in [-0.4, -0.2) is 12.2 Å². The monoisotopic (exact) mass is 340 g/mol. The molecule has 0 atom stereocenters. The zero-order valence-electron chi connectivity index (χ0n) is 11.8. The number of amides is 2. The second-order valence-electron chi connectivity index (χ2n) is 4.72. The molecular formula is C14H14F6N2O. The first-order valence-electron chi connectivity index (χ1n) is 6.43. The fraction of sp³-hybridized carbons (Fsp3) is 0.357. The molecule has 0 radical (unpaired) electrons. The van der Waals surface area contributed by atoms with Crippen LogP contribution in [0.25, 0.3) is 0 Å². The van der Waals surface area contributed by atoms with Crippen LogP contribution in [0.1, 0.15) is 24.0 Å². The Morgan fingerprint density at radius 3 is 2.35 bits per heavy atom. The third-order valence-corrected chi connectivity index (χ3v) is 2.71. The highest BCUT2D eigenvalue weighted by Crippen LogP contribution is 2.29. The van der Waals surface area contributed by atoms with Crippen molar-refractivity contribution < 1.29 is 31.1 Å². The molecule has 1 aromatic rings. The van der Waals surface area contributed by atoms with Crippen LogP contribution in [0.2, 0.25) is 0 Å². The number of hydrogen-bond donors (Lipinski definition) is 2. The Morgan fingerprint density at radius 1 is 1.13 bits per heavy atom. The molecular weight excluding hydrogens is 326 g/mol. The van der Waals surface area contributed by atoms with E-state index in [0.29, 0.717) is 0 Å². The maximum Gasteiger partial charge on any atom is 0.416 e. The lowest BCUT2D eigenvalue weighted by molar-refractivity contribution is -0.137. The minimum absolute atomic E-state index is 0.135. The third-order valence-electron chi connectivity index (χ3n) is 2.71. The molecule has 0 heterocycles. The summed E-state index contributed by atoms with van der Waals surface area (Å²) in [5.41, 5.74) is -0.786. The number of urea groups is 1. The highest BCUT2D eigenvalue weighted by atomic mass is 19.4. The smallest absolute Gasteiger partial charge is 0.334 e. The zero-order valence-corrected chi connectivity index (χ0v) is 11.8. The molecule has 23 heavy (non-hydrogen) atoms. The molecule has 3 nitrogen and oxygen atoms in total. The van der Waals surface area contributed by atoms with Gasteiger partial charge in [-0.2, -0.15) is 26.3 Å². The van der Waals surface area contributed by atoms with Gasteiger partial charge in [0.25, 0.3) is 0 Å². The van der Waals surface area contributed by atoms with Crippen molar-refractivity contribution in [3.05, 3.63) is 47.7 Å². The summed E-state index contributed by atoms with van der Waals surface area (Å²) < 4.78 is 73.5. The predicted octanol–water partition coefficient (Wildman–Crippen LogP) is 4.36. The first kappa shape index (κ1) is 18.9. The number of benzene rings is 1. The Hall–Kier alpha value is -2.19. The molecule has 2 N–H and O–H groups in total. The normalized spacial score (nSPS) is 11.9. The summed E-state index contributed by atoms with van der Waals surface area (Å²) in [6.45, 7) is 3.07. The van der Waals surface area contributed by atoms with Gasteiger partial charge in [0.05, 0.1) is 5.56 Å². The van der Waals surface area contributed by atoms with Crippen LogP contribution in [-0.2, 0) is 12.7 Å². The number of alkyl halides is 6. The standard InChI is InChI=1S/C14H14F6N2O/c1-9(5-6-13(15,16)17)22-12(23)21-8-10-3-2-4-11(7-10)14(18,19)20/h2-4,7H,1,5-6,8H2,(H2,21,22,23). The molecule has 0 fully saturated rings. The van der Waals surface area contributed by atoms with Crippen molar-refractivity contribution >= 4 is 6.03 Å². The number of carbonyl (C=O) groups is 1. The number of nitrogens with one attached hydrogen (secondary N) is 2. The summed E-state index contributed by atoms with van der Waals surface area (Å²) >= 11 is 0. The second kappa shape index (κ2) is 7.38. The Bertz CT molecular complexity index is 565. The Kier molecular flexibility index (Phi) is 6.05. The van der Waals surface area contributed by atoms with E-state index in [1.807, 2.05) is 0 Å². The van der Waals surface area contributed by atoms with E-state index in [9.17, 15) is 31.1 Å². The van der Waals surface area contributed by atoms with E-state index in [1.54, 1.807) is 0 Å². The fourth-order valence-corrected chi connectivity index (χ4v) is 1.60. The highest BCUT2D eigenvalue weighted by molar-refractivity contribution is 5.75. The van der Waals surface area contributed by atoms with Gasteiger partial charge in [-0.25, -0.2) is 4.79 Å². The Morgan fingerprint density at radius 2 is 1.78 bits per heavy atom. The van der Waals surface area contributed by atoms with Gasteiger partial charge in [-0.3, -0.25) is 0 Å². The van der Waals surface area contributed by atoms with Crippen LogP contribution in [0.3, 0.4) is 0 Å². The summed E-state index contributed by atoms with van der Waals surface area (Å²) in [7, 11) is 0. The van der Waals surface area contributed by atoms with Crippen molar-refractivity contribution in [1.29, 1.82) is 0 Å². The maximum absolute atomic E-state index is 12.5. The molecule has 0 saturated carbocycles. The molecule has 2 amide bonds. The minimum Gasteiger partial charge on any atom is -0.334 e. The van der Waals surface area contributed by atoms with Gasteiger partial charge in [0.1, 0.15) is 0 Å². The molecule has 0 saturated heterocycles. The van der Waals surface area contributed by atoms with Crippen LogP contribution in [0.15, 0.2) is 36.5 Å². The Balaban J connectivity index is 2.46. The molecule has 0 spiro atoms. The van der Waals surface area contributed by atoms with Gasteiger partial charge < -0.3 is 10.6 Å². The van der Waals surface area contributed by atoms with Crippen molar-refractivity contribution in [2.45, 2.75) is 31.7 Å². The van der Waals surface area contributed by atoms with Gasteiger partial charge in [-0.05, 0) is 24.1 Å². The number of rotatable bonds is 5. The summed E-state index contributed by atoms with van der Waals surface area (Å²) in [4.78, 5) is 11.4. The molecule has 0 aromatic heterocycles.